The van der Waals surface area contributed by atoms with Crippen LogP contribution in [0.25, 0.3) is 10.8 Å². The van der Waals surface area contributed by atoms with Gasteiger partial charge in [0.05, 0.1) is 26.2 Å². The fourth-order valence-electron chi connectivity index (χ4n) is 2.26. The Morgan fingerprint density at radius 2 is 1.81 bits per heavy atom. The van der Waals surface area contributed by atoms with Crippen LogP contribution >= 0.6 is 0 Å². The Hall–Kier alpha value is -2.47. The van der Waals surface area contributed by atoms with E-state index in [1.165, 1.54) is 26.4 Å². The van der Waals surface area contributed by atoms with Gasteiger partial charge in [0.1, 0.15) is 28.6 Å². The number of aliphatic hydroxyl groups excluding tert-OH is 1. The van der Waals surface area contributed by atoms with Gasteiger partial charge in [-0.15, -0.1) is 0 Å². The maximum Gasteiger partial charge on any atom is 0.172 e. The lowest BCUT2D eigenvalue weighted by molar-refractivity contribution is 0.0951. The molecule has 0 heterocycles. The number of methoxy groups -OCH3 is 2. The summed E-state index contributed by atoms with van der Waals surface area (Å²) in [4.78, 5) is 12.0. The summed E-state index contributed by atoms with van der Waals surface area (Å²) in [6.07, 6.45) is -0.153. The molecule has 3 N–H and O–H groups in total. The van der Waals surface area contributed by atoms with Crippen molar-refractivity contribution in [2.24, 2.45) is 0 Å². The van der Waals surface area contributed by atoms with Gasteiger partial charge in [0.15, 0.2) is 5.78 Å². The van der Waals surface area contributed by atoms with Gasteiger partial charge in [-0.1, -0.05) is 0 Å². The number of benzene rings is 2. The highest BCUT2D eigenvalue weighted by Gasteiger charge is 2.23. The summed E-state index contributed by atoms with van der Waals surface area (Å²) < 4.78 is 10.3. The van der Waals surface area contributed by atoms with Crippen molar-refractivity contribution in [1.82, 2.24) is 0 Å². The maximum absolute atomic E-state index is 12.0. The van der Waals surface area contributed by atoms with Crippen LogP contribution in [0.5, 0.6) is 23.0 Å². The lowest BCUT2D eigenvalue weighted by Gasteiger charge is -2.15. The second-order valence-corrected chi connectivity index (χ2v) is 4.41. The van der Waals surface area contributed by atoms with E-state index in [1.807, 2.05) is 0 Å². The van der Waals surface area contributed by atoms with Crippen molar-refractivity contribution in [1.29, 1.82) is 0 Å². The molecule has 0 atom stereocenters. The Bertz CT molecular complexity index is 692. The van der Waals surface area contributed by atoms with Crippen LogP contribution in [0, 0.1) is 0 Å². The number of ether oxygens (including phenoxy) is 2. The van der Waals surface area contributed by atoms with Gasteiger partial charge in [0, 0.05) is 11.8 Å². The summed E-state index contributed by atoms with van der Waals surface area (Å²) in [5, 5.41) is 29.7. The third kappa shape index (κ3) is 2.45. The Morgan fingerprint density at radius 1 is 1.14 bits per heavy atom. The molecule has 21 heavy (non-hydrogen) atoms. The highest BCUT2D eigenvalue weighted by Crippen LogP contribution is 2.44. The third-order valence-electron chi connectivity index (χ3n) is 3.24. The first kappa shape index (κ1) is 14.9. The molecule has 0 aromatic heterocycles. The number of ketones is 1. The molecule has 0 aliphatic heterocycles. The monoisotopic (exact) mass is 292 g/mol. The van der Waals surface area contributed by atoms with Crippen molar-refractivity contribution in [2.45, 2.75) is 6.42 Å². The molecule has 2 aromatic carbocycles. The Balaban J connectivity index is 2.85. The van der Waals surface area contributed by atoms with Crippen LogP contribution in [0.3, 0.4) is 0 Å². The van der Waals surface area contributed by atoms with Crippen LogP contribution in [0.1, 0.15) is 16.8 Å². The topological polar surface area (TPSA) is 96.2 Å². The van der Waals surface area contributed by atoms with Crippen LogP contribution in [0.15, 0.2) is 18.2 Å². The molecule has 0 saturated heterocycles. The van der Waals surface area contributed by atoms with Gasteiger partial charge in [-0.3, -0.25) is 4.79 Å². The van der Waals surface area contributed by atoms with E-state index in [-0.39, 0.29) is 41.2 Å². The van der Waals surface area contributed by atoms with E-state index >= 15 is 0 Å². The molecule has 6 heteroatoms. The first-order valence-corrected chi connectivity index (χ1v) is 6.28. The Kier molecular flexibility index (Phi) is 4.18. The van der Waals surface area contributed by atoms with Crippen LogP contribution in [0.2, 0.25) is 0 Å². The largest absolute Gasteiger partial charge is 0.507 e. The van der Waals surface area contributed by atoms with Crippen LogP contribution in [0.4, 0.5) is 0 Å². The van der Waals surface area contributed by atoms with Crippen molar-refractivity contribution in [3.63, 3.8) is 0 Å². The van der Waals surface area contributed by atoms with E-state index in [0.29, 0.717) is 11.1 Å². The van der Waals surface area contributed by atoms with E-state index in [2.05, 4.69) is 0 Å². The Morgan fingerprint density at radius 3 is 2.38 bits per heavy atom. The normalized spacial score (nSPS) is 10.6. The van der Waals surface area contributed by atoms with Crippen molar-refractivity contribution >= 4 is 16.6 Å². The summed E-state index contributed by atoms with van der Waals surface area (Å²) in [5.41, 5.74) is -0.0670. The summed E-state index contributed by atoms with van der Waals surface area (Å²) in [5.74, 6) is -0.459. The quantitative estimate of drug-likeness (QED) is 0.728. The number of aliphatic hydroxyl groups is 1. The summed E-state index contributed by atoms with van der Waals surface area (Å²) in [6, 6.07) is 4.43. The number of aromatic hydroxyl groups is 2. The molecule has 2 aromatic rings. The predicted octanol–water partition coefficient (Wildman–Crippen LogP) is 1.83. The van der Waals surface area contributed by atoms with Crippen LogP contribution in [-0.4, -0.2) is 41.9 Å². The zero-order valence-corrected chi connectivity index (χ0v) is 11.7. The van der Waals surface area contributed by atoms with E-state index in [4.69, 9.17) is 14.6 Å². The number of carbonyl (C=O) groups is 1. The predicted molar refractivity (Wildman–Crippen MR) is 76.4 cm³/mol. The molecule has 0 amide bonds. The van der Waals surface area contributed by atoms with E-state index in [9.17, 15) is 15.0 Å². The number of rotatable bonds is 5. The number of hydrogen-bond donors (Lipinski definition) is 3. The minimum absolute atomic E-state index is 0.0670. The second kappa shape index (κ2) is 5.88. The first-order valence-electron chi connectivity index (χ1n) is 6.28. The fourth-order valence-corrected chi connectivity index (χ4v) is 2.26. The Labute approximate surface area is 121 Å². The zero-order chi connectivity index (χ0) is 15.6. The molecule has 0 aliphatic rings. The second-order valence-electron chi connectivity index (χ2n) is 4.41. The summed E-state index contributed by atoms with van der Waals surface area (Å²) in [6.45, 7) is -0.344. The van der Waals surface area contributed by atoms with Gasteiger partial charge in [-0.05, 0) is 18.2 Å². The van der Waals surface area contributed by atoms with Gasteiger partial charge < -0.3 is 24.8 Å². The number of Topliss-reactive ketones (excluding diaryl/α,β-unsaturated/α-hetero) is 1. The number of phenolic OH excluding ortho intramolecular Hbond substituents is 2. The summed E-state index contributed by atoms with van der Waals surface area (Å²) >= 11 is 0. The number of hydrogen-bond acceptors (Lipinski definition) is 6. The highest BCUT2D eigenvalue weighted by atomic mass is 16.5. The van der Waals surface area contributed by atoms with Gasteiger partial charge in [-0.2, -0.15) is 0 Å². The molecule has 2 rings (SSSR count). The van der Waals surface area contributed by atoms with E-state index in [1.54, 1.807) is 6.07 Å². The summed E-state index contributed by atoms with van der Waals surface area (Å²) in [7, 11) is 2.83. The van der Waals surface area contributed by atoms with Gasteiger partial charge in [0.2, 0.25) is 0 Å². The lowest BCUT2D eigenvalue weighted by atomic mass is 9.98. The van der Waals surface area contributed by atoms with Crippen LogP contribution < -0.4 is 9.47 Å². The molecule has 0 unspecified atom stereocenters. The maximum atomic E-state index is 12.0. The van der Waals surface area contributed by atoms with Gasteiger partial charge in [-0.25, -0.2) is 0 Å². The van der Waals surface area contributed by atoms with Gasteiger partial charge in [0.25, 0.3) is 0 Å². The molecule has 0 radical (unpaired) electrons. The third-order valence-corrected chi connectivity index (χ3v) is 3.24. The van der Waals surface area contributed by atoms with Crippen molar-refractivity contribution in [2.75, 3.05) is 20.8 Å². The SMILES string of the molecule is COc1cc2c(OC)ccc(O)c2c(O)c1C(=O)CCO. The average Bonchev–Trinajstić information content (AvgIpc) is 2.47. The molecule has 0 aliphatic carbocycles. The molecule has 0 spiro atoms. The zero-order valence-electron chi connectivity index (χ0n) is 11.7. The van der Waals surface area contributed by atoms with E-state index in [0.717, 1.165) is 0 Å². The van der Waals surface area contributed by atoms with Crippen molar-refractivity contribution in [3.8, 4) is 23.0 Å². The fraction of sp³-hybridized carbons (Fsp3) is 0.267. The van der Waals surface area contributed by atoms with Crippen LogP contribution in [-0.2, 0) is 0 Å². The smallest absolute Gasteiger partial charge is 0.172 e. The molecule has 112 valence electrons. The van der Waals surface area contributed by atoms with Gasteiger partial charge >= 0.3 is 0 Å². The standard InChI is InChI=1S/C15H16O6/c1-20-11-4-3-9(17)13-8(11)7-12(21-2)14(15(13)19)10(18)5-6-16/h3-4,7,16-17,19H,5-6H2,1-2H3. The van der Waals surface area contributed by atoms with Crippen molar-refractivity contribution in [3.05, 3.63) is 23.8 Å². The average molecular weight is 292 g/mol. The molecule has 6 nitrogen and oxygen atoms in total. The molecular weight excluding hydrogens is 276 g/mol. The minimum Gasteiger partial charge on any atom is -0.507 e. The van der Waals surface area contributed by atoms with E-state index < -0.39 is 5.78 Å². The minimum atomic E-state index is -0.476. The number of phenols is 2. The molecule has 0 fully saturated rings. The number of fused-ring (bicyclic) bond motifs is 1. The number of carbonyl (C=O) groups excluding carboxylic acids is 1. The first-order chi connectivity index (χ1) is 10.0. The lowest BCUT2D eigenvalue weighted by Crippen LogP contribution is -2.05. The molecular formula is C15H16O6. The molecule has 0 saturated carbocycles. The highest BCUT2D eigenvalue weighted by molar-refractivity contribution is 6.10. The molecule has 0 bridgehead atoms. The van der Waals surface area contributed by atoms with Crippen molar-refractivity contribution < 1.29 is 29.6 Å².